The normalized spacial score (nSPS) is 11.2. The maximum absolute atomic E-state index is 6.84. The van der Waals surface area contributed by atoms with Crippen molar-refractivity contribution < 1.29 is 0 Å². The Kier molecular flexibility index (Phi) is 4.83. The number of para-hydroxylation sites is 2. The summed E-state index contributed by atoms with van der Waals surface area (Å²) < 4.78 is 0. The molecule has 0 atom stereocenters. The summed E-state index contributed by atoms with van der Waals surface area (Å²) in [6.45, 7) is 0.520. The quantitative estimate of drug-likeness (QED) is 0.656. The van der Waals surface area contributed by atoms with Gasteiger partial charge < -0.3 is 22.1 Å². The second kappa shape index (κ2) is 6.61. The summed E-state index contributed by atoms with van der Waals surface area (Å²) in [5.74, 6) is 0. The third kappa shape index (κ3) is 2.86. The van der Waals surface area contributed by atoms with Crippen LogP contribution in [0.15, 0.2) is 48.5 Å². The fourth-order valence-corrected chi connectivity index (χ4v) is 2.82. The zero-order valence-corrected chi connectivity index (χ0v) is 12.7. The molecule has 2 aromatic carbocycles. The van der Waals surface area contributed by atoms with Crippen molar-refractivity contribution >= 4 is 11.4 Å². The molecule has 0 saturated carbocycles. The van der Waals surface area contributed by atoms with Gasteiger partial charge in [-0.2, -0.15) is 0 Å². The topological polar surface area (TPSA) is 76.1 Å². The molecule has 4 nitrogen and oxygen atoms in total. The van der Waals surface area contributed by atoms with E-state index in [1.54, 1.807) is 0 Å². The van der Waals surface area contributed by atoms with Crippen molar-refractivity contribution in [1.29, 1.82) is 0 Å². The molecule has 2 aromatic rings. The van der Waals surface area contributed by atoms with E-state index in [9.17, 15) is 0 Å². The molecule has 6 N–H and O–H groups in total. The molecule has 2 rings (SSSR count). The van der Waals surface area contributed by atoms with Gasteiger partial charge in [0.05, 0.1) is 5.54 Å². The molecular weight excluding hydrogens is 260 g/mol. The largest absolute Gasteiger partial charge is 0.388 e. The summed E-state index contributed by atoms with van der Waals surface area (Å²) >= 11 is 0. The van der Waals surface area contributed by atoms with Crippen molar-refractivity contribution in [3.8, 4) is 0 Å². The molecule has 0 unspecified atom stereocenters. The van der Waals surface area contributed by atoms with Gasteiger partial charge in [0.1, 0.15) is 0 Å². The van der Waals surface area contributed by atoms with E-state index in [4.69, 9.17) is 11.5 Å². The lowest BCUT2D eigenvalue weighted by atomic mass is 9.79. The van der Waals surface area contributed by atoms with Crippen molar-refractivity contribution in [2.45, 2.75) is 12.0 Å². The van der Waals surface area contributed by atoms with E-state index in [0.29, 0.717) is 13.0 Å². The van der Waals surface area contributed by atoms with E-state index in [1.165, 1.54) is 0 Å². The SMILES string of the molecule is CNc1ccccc1C(N)(CCN)c1ccccc1NC. The molecule has 0 saturated heterocycles. The van der Waals surface area contributed by atoms with E-state index < -0.39 is 5.54 Å². The highest BCUT2D eigenvalue weighted by Gasteiger charge is 2.32. The van der Waals surface area contributed by atoms with Crippen molar-refractivity contribution in [3.63, 3.8) is 0 Å². The predicted molar refractivity (Wildman–Crippen MR) is 90.6 cm³/mol. The van der Waals surface area contributed by atoms with Crippen molar-refractivity contribution in [2.75, 3.05) is 31.3 Å². The summed E-state index contributed by atoms with van der Waals surface area (Å²) in [7, 11) is 3.82. The van der Waals surface area contributed by atoms with Gasteiger partial charge in [-0.25, -0.2) is 0 Å². The van der Waals surface area contributed by atoms with Gasteiger partial charge >= 0.3 is 0 Å². The molecule has 21 heavy (non-hydrogen) atoms. The Morgan fingerprint density at radius 3 is 1.67 bits per heavy atom. The number of anilines is 2. The Labute approximate surface area is 126 Å². The highest BCUT2D eigenvalue weighted by atomic mass is 14.9. The van der Waals surface area contributed by atoms with E-state index in [0.717, 1.165) is 22.5 Å². The molecule has 0 heterocycles. The van der Waals surface area contributed by atoms with Gasteiger partial charge in [0, 0.05) is 25.5 Å². The first-order chi connectivity index (χ1) is 10.2. The lowest BCUT2D eigenvalue weighted by Crippen LogP contribution is -2.41. The van der Waals surface area contributed by atoms with E-state index in [1.807, 2.05) is 50.5 Å². The molecule has 0 fully saturated rings. The monoisotopic (exact) mass is 284 g/mol. The molecule has 0 spiro atoms. The van der Waals surface area contributed by atoms with Gasteiger partial charge in [-0.15, -0.1) is 0 Å². The molecular formula is C17H24N4. The standard InChI is InChI=1S/C17H24N4/c1-20-15-9-5-3-7-13(15)17(19,11-12-18)14-8-4-6-10-16(14)21-2/h3-10,20-21H,11-12,18-19H2,1-2H3. The minimum Gasteiger partial charge on any atom is -0.388 e. The number of benzene rings is 2. The van der Waals surface area contributed by atoms with Gasteiger partial charge in [0.15, 0.2) is 0 Å². The van der Waals surface area contributed by atoms with Crippen LogP contribution >= 0.6 is 0 Å². The summed E-state index contributed by atoms with van der Waals surface area (Å²) in [5, 5.41) is 6.45. The van der Waals surface area contributed by atoms with Crippen LogP contribution in [0.2, 0.25) is 0 Å². The third-order valence-corrected chi connectivity index (χ3v) is 3.89. The van der Waals surface area contributed by atoms with E-state index in [-0.39, 0.29) is 0 Å². The number of hydrogen-bond donors (Lipinski definition) is 4. The first kappa shape index (κ1) is 15.4. The minimum absolute atomic E-state index is 0.520. The number of nitrogens with two attached hydrogens (primary N) is 2. The highest BCUT2D eigenvalue weighted by molar-refractivity contribution is 5.63. The zero-order chi connectivity index (χ0) is 15.3. The second-order valence-corrected chi connectivity index (χ2v) is 5.10. The van der Waals surface area contributed by atoms with Gasteiger partial charge in [0.25, 0.3) is 0 Å². The maximum Gasteiger partial charge on any atom is 0.0718 e. The average Bonchev–Trinajstić information content (AvgIpc) is 2.54. The Morgan fingerprint density at radius 2 is 1.29 bits per heavy atom. The minimum atomic E-state index is -0.631. The van der Waals surface area contributed by atoms with Crippen LogP contribution in [0.4, 0.5) is 11.4 Å². The summed E-state index contributed by atoms with van der Waals surface area (Å²) in [5.41, 5.74) is 16.2. The van der Waals surface area contributed by atoms with E-state index in [2.05, 4.69) is 22.8 Å². The third-order valence-electron chi connectivity index (χ3n) is 3.89. The molecule has 0 radical (unpaired) electrons. The molecule has 0 bridgehead atoms. The Balaban J connectivity index is 2.65. The smallest absolute Gasteiger partial charge is 0.0718 e. The molecule has 0 aliphatic heterocycles. The van der Waals surface area contributed by atoms with Gasteiger partial charge in [-0.3, -0.25) is 0 Å². The average molecular weight is 284 g/mol. The fraction of sp³-hybridized carbons (Fsp3) is 0.294. The van der Waals surface area contributed by atoms with Gasteiger partial charge in [-0.1, -0.05) is 36.4 Å². The summed E-state index contributed by atoms with van der Waals surface area (Å²) in [6, 6.07) is 16.2. The van der Waals surface area contributed by atoms with Crippen LogP contribution in [-0.4, -0.2) is 20.6 Å². The highest BCUT2D eigenvalue weighted by Crippen LogP contribution is 2.38. The maximum atomic E-state index is 6.84. The Hall–Kier alpha value is -2.04. The molecule has 0 aliphatic carbocycles. The number of nitrogens with one attached hydrogen (secondary N) is 2. The molecule has 112 valence electrons. The summed E-state index contributed by atoms with van der Waals surface area (Å²) in [4.78, 5) is 0. The summed E-state index contributed by atoms with van der Waals surface area (Å²) in [6.07, 6.45) is 0.671. The first-order valence-corrected chi connectivity index (χ1v) is 7.21. The van der Waals surface area contributed by atoms with Crippen LogP contribution in [0, 0.1) is 0 Å². The Bertz CT molecular complexity index is 547. The molecule has 0 aromatic heterocycles. The van der Waals surface area contributed by atoms with E-state index >= 15 is 0 Å². The lowest BCUT2D eigenvalue weighted by Gasteiger charge is -2.33. The van der Waals surface area contributed by atoms with Crippen LogP contribution in [0.3, 0.4) is 0 Å². The predicted octanol–water partition coefficient (Wildman–Crippen LogP) is 2.32. The molecule has 0 aliphatic rings. The van der Waals surface area contributed by atoms with Crippen LogP contribution in [-0.2, 0) is 5.54 Å². The van der Waals surface area contributed by atoms with Crippen molar-refractivity contribution in [1.82, 2.24) is 0 Å². The Morgan fingerprint density at radius 1 is 0.857 bits per heavy atom. The van der Waals surface area contributed by atoms with Crippen LogP contribution < -0.4 is 22.1 Å². The van der Waals surface area contributed by atoms with Crippen LogP contribution in [0.25, 0.3) is 0 Å². The van der Waals surface area contributed by atoms with Gasteiger partial charge in [0.2, 0.25) is 0 Å². The van der Waals surface area contributed by atoms with Crippen LogP contribution in [0.5, 0.6) is 0 Å². The van der Waals surface area contributed by atoms with Crippen molar-refractivity contribution in [2.24, 2.45) is 11.5 Å². The first-order valence-electron chi connectivity index (χ1n) is 7.21. The molecule has 4 heteroatoms. The van der Waals surface area contributed by atoms with Gasteiger partial charge in [-0.05, 0) is 36.2 Å². The zero-order valence-electron chi connectivity index (χ0n) is 12.7. The number of hydrogen-bond acceptors (Lipinski definition) is 4. The fourth-order valence-electron chi connectivity index (χ4n) is 2.82. The van der Waals surface area contributed by atoms with Crippen LogP contribution in [0.1, 0.15) is 17.5 Å². The number of rotatable bonds is 6. The molecule has 0 amide bonds. The second-order valence-electron chi connectivity index (χ2n) is 5.10. The lowest BCUT2D eigenvalue weighted by molar-refractivity contribution is 0.502. The van der Waals surface area contributed by atoms with Crippen molar-refractivity contribution in [3.05, 3.63) is 59.7 Å².